The van der Waals surface area contributed by atoms with Crippen molar-refractivity contribution in [3.63, 3.8) is 0 Å². The van der Waals surface area contributed by atoms with Crippen molar-refractivity contribution in [1.29, 1.82) is 0 Å². The molecule has 0 saturated carbocycles. The topological polar surface area (TPSA) is 68.0 Å². The first-order valence-electron chi connectivity index (χ1n) is 8.42. The monoisotopic (exact) mass is 367 g/mol. The minimum absolute atomic E-state index is 0.0650. The summed E-state index contributed by atoms with van der Waals surface area (Å²) in [7, 11) is 0. The molecule has 6 heteroatoms. The minimum atomic E-state index is -0.327. The van der Waals surface area contributed by atoms with E-state index in [0.29, 0.717) is 17.7 Å². The van der Waals surface area contributed by atoms with E-state index in [1.807, 2.05) is 62.4 Å². The van der Waals surface area contributed by atoms with Gasteiger partial charge in [0.25, 0.3) is 5.22 Å². The van der Waals surface area contributed by atoms with Crippen LogP contribution in [0.2, 0.25) is 0 Å². The van der Waals surface area contributed by atoms with Crippen molar-refractivity contribution in [1.82, 2.24) is 15.5 Å². The Kier molecular flexibility index (Phi) is 5.73. The molecule has 0 aliphatic heterocycles. The van der Waals surface area contributed by atoms with Crippen LogP contribution in [0.5, 0.6) is 0 Å². The molecular formula is C20H21N3O2S. The van der Waals surface area contributed by atoms with Crippen molar-refractivity contribution in [2.24, 2.45) is 0 Å². The van der Waals surface area contributed by atoms with Gasteiger partial charge in [0.05, 0.1) is 5.25 Å². The molecule has 1 heterocycles. The number of thioether (sulfide) groups is 1. The molecule has 0 radical (unpaired) electrons. The van der Waals surface area contributed by atoms with Crippen LogP contribution in [0.3, 0.4) is 0 Å². The molecule has 0 spiro atoms. The van der Waals surface area contributed by atoms with E-state index >= 15 is 0 Å². The van der Waals surface area contributed by atoms with E-state index in [-0.39, 0.29) is 11.2 Å². The highest BCUT2D eigenvalue weighted by atomic mass is 32.2. The second-order valence-electron chi connectivity index (χ2n) is 6.14. The molecule has 0 unspecified atom stereocenters. The Bertz CT molecular complexity index is 893. The lowest BCUT2D eigenvalue weighted by Crippen LogP contribution is -2.30. The van der Waals surface area contributed by atoms with Crippen LogP contribution < -0.4 is 5.32 Å². The Hall–Kier alpha value is -2.60. The van der Waals surface area contributed by atoms with E-state index in [4.69, 9.17) is 4.42 Å². The van der Waals surface area contributed by atoms with Crippen LogP contribution in [0.15, 0.2) is 58.2 Å². The Morgan fingerprint density at radius 2 is 1.88 bits per heavy atom. The number of amides is 1. The Balaban J connectivity index is 1.59. The van der Waals surface area contributed by atoms with Crippen molar-refractivity contribution in [3.8, 4) is 11.5 Å². The average Bonchev–Trinajstić information content (AvgIpc) is 3.11. The van der Waals surface area contributed by atoms with Gasteiger partial charge in [0.2, 0.25) is 11.8 Å². The molecule has 0 saturated heterocycles. The van der Waals surface area contributed by atoms with E-state index in [1.165, 1.54) is 22.9 Å². The first-order valence-corrected chi connectivity index (χ1v) is 9.30. The summed E-state index contributed by atoms with van der Waals surface area (Å²) in [6, 6.07) is 15.8. The fraction of sp³-hybridized carbons (Fsp3) is 0.250. The van der Waals surface area contributed by atoms with Gasteiger partial charge >= 0.3 is 0 Å². The highest BCUT2D eigenvalue weighted by Gasteiger charge is 2.18. The molecule has 5 nitrogen and oxygen atoms in total. The number of benzene rings is 2. The summed E-state index contributed by atoms with van der Waals surface area (Å²) < 4.78 is 5.71. The number of nitrogens with one attached hydrogen (secondary N) is 1. The molecule has 1 N–H and O–H groups in total. The number of hydrogen-bond donors (Lipinski definition) is 1. The molecule has 2 aromatic carbocycles. The van der Waals surface area contributed by atoms with Gasteiger partial charge in [-0.1, -0.05) is 48.2 Å². The second kappa shape index (κ2) is 8.19. The fourth-order valence-corrected chi connectivity index (χ4v) is 3.09. The van der Waals surface area contributed by atoms with Gasteiger partial charge in [-0.25, -0.2) is 0 Å². The first kappa shape index (κ1) is 18.2. The van der Waals surface area contributed by atoms with Crippen molar-refractivity contribution in [2.75, 3.05) is 0 Å². The lowest BCUT2D eigenvalue weighted by atomic mass is 10.1. The van der Waals surface area contributed by atoms with Crippen LogP contribution in [0.4, 0.5) is 0 Å². The van der Waals surface area contributed by atoms with E-state index in [9.17, 15) is 4.79 Å². The normalized spacial score (nSPS) is 12.0. The van der Waals surface area contributed by atoms with E-state index in [0.717, 1.165) is 11.1 Å². The smallest absolute Gasteiger partial charge is 0.277 e. The van der Waals surface area contributed by atoms with E-state index in [1.54, 1.807) is 0 Å². The molecule has 1 aromatic heterocycles. The van der Waals surface area contributed by atoms with Gasteiger partial charge in [0.1, 0.15) is 0 Å². The predicted octanol–water partition coefficient (Wildman–Crippen LogP) is 4.15. The van der Waals surface area contributed by atoms with Crippen LogP contribution in [-0.2, 0) is 11.3 Å². The summed E-state index contributed by atoms with van der Waals surface area (Å²) in [5.41, 5.74) is 4.33. The largest absolute Gasteiger partial charge is 0.411 e. The molecule has 134 valence electrons. The van der Waals surface area contributed by atoms with Crippen LogP contribution in [0.25, 0.3) is 11.5 Å². The number of carbonyl (C=O) groups excluding carboxylic acids is 1. The maximum absolute atomic E-state index is 12.3. The number of aromatic nitrogens is 2. The van der Waals surface area contributed by atoms with Gasteiger partial charge < -0.3 is 9.73 Å². The number of carbonyl (C=O) groups is 1. The SMILES string of the molecule is Cc1ccc(-c2nnc(S[C@H](C)C(=O)NCc3ccccc3)o2)cc1C. The fourth-order valence-electron chi connectivity index (χ4n) is 2.38. The number of hydrogen-bond acceptors (Lipinski definition) is 5. The summed E-state index contributed by atoms with van der Waals surface area (Å²) in [4.78, 5) is 12.3. The molecule has 26 heavy (non-hydrogen) atoms. The first-order chi connectivity index (χ1) is 12.5. The molecule has 1 amide bonds. The second-order valence-corrected chi connectivity index (χ2v) is 7.43. The summed E-state index contributed by atoms with van der Waals surface area (Å²) in [6.45, 7) is 6.43. The summed E-state index contributed by atoms with van der Waals surface area (Å²) in [5, 5.41) is 11.1. The molecular weight excluding hydrogens is 346 g/mol. The summed E-state index contributed by atoms with van der Waals surface area (Å²) in [5.74, 6) is 0.400. The zero-order valence-corrected chi connectivity index (χ0v) is 15.8. The van der Waals surface area contributed by atoms with Gasteiger partial charge in [0.15, 0.2) is 0 Å². The van der Waals surface area contributed by atoms with Gasteiger partial charge in [-0.05, 0) is 49.6 Å². The lowest BCUT2D eigenvalue weighted by Gasteiger charge is -2.09. The zero-order valence-electron chi connectivity index (χ0n) is 15.0. The molecule has 0 aliphatic rings. The van der Waals surface area contributed by atoms with Crippen molar-refractivity contribution in [3.05, 3.63) is 65.2 Å². The highest BCUT2D eigenvalue weighted by molar-refractivity contribution is 8.00. The van der Waals surface area contributed by atoms with Crippen molar-refractivity contribution in [2.45, 2.75) is 37.8 Å². The molecule has 0 bridgehead atoms. The Morgan fingerprint density at radius 3 is 2.62 bits per heavy atom. The van der Waals surface area contributed by atoms with Crippen LogP contribution in [0.1, 0.15) is 23.6 Å². The lowest BCUT2D eigenvalue weighted by molar-refractivity contribution is -0.120. The van der Waals surface area contributed by atoms with E-state index in [2.05, 4.69) is 22.4 Å². The predicted molar refractivity (Wildman–Crippen MR) is 103 cm³/mol. The average molecular weight is 367 g/mol. The molecule has 3 aromatic rings. The summed E-state index contributed by atoms with van der Waals surface area (Å²) in [6.07, 6.45) is 0. The third-order valence-corrected chi connectivity index (χ3v) is 5.05. The van der Waals surface area contributed by atoms with Crippen LogP contribution in [-0.4, -0.2) is 21.4 Å². The minimum Gasteiger partial charge on any atom is -0.411 e. The van der Waals surface area contributed by atoms with Crippen LogP contribution >= 0.6 is 11.8 Å². The molecule has 0 aliphatic carbocycles. The van der Waals surface area contributed by atoms with Gasteiger partial charge in [0, 0.05) is 12.1 Å². The Labute approximate surface area is 157 Å². The summed E-state index contributed by atoms with van der Waals surface area (Å²) >= 11 is 1.26. The maximum Gasteiger partial charge on any atom is 0.277 e. The maximum atomic E-state index is 12.3. The van der Waals surface area contributed by atoms with Gasteiger partial charge in [-0.15, -0.1) is 10.2 Å². The highest BCUT2D eigenvalue weighted by Crippen LogP contribution is 2.27. The Morgan fingerprint density at radius 1 is 1.12 bits per heavy atom. The third kappa shape index (κ3) is 4.52. The molecule has 3 rings (SSSR count). The number of nitrogens with zero attached hydrogens (tertiary/aromatic N) is 2. The zero-order chi connectivity index (χ0) is 18.5. The van der Waals surface area contributed by atoms with E-state index < -0.39 is 0 Å². The standard InChI is InChI=1S/C20H21N3O2S/c1-13-9-10-17(11-14(13)2)19-22-23-20(25-19)26-15(3)18(24)21-12-16-7-5-4-6-8-16/h4-11,15H,12H2,1-3H3,(H,21,24)/t15-/m1/s1. The number of aryl methyl sites for hydroxylation is 2. The molecule has 0 fully saturated rings. The van der Waals surface area contributed by atoms with Gasteiger partial charge in [-0.2, -0.15) is 0 Å². The third-order valence-electron chi connectivity index (χ3n) is 4.12. The van der Waals surface area contributed by atoms with Crippen LogP contribution in [0, 0.1) is 13.8 Å². The van der Waals surface area contributed by atoms with Crippen molar-refractivity contribution >= 4 is 17.7 Å². The quantitative estimate of drug-likeness (QED) is 0.663. The molecule has 1 atom stereocenters. The number of rotatable bonds is 6. The van der Waals surface area contributed by atoms with Gasteiger partial charge in [-0.3, -0.25) is 4.79 Å². The van der Waals surface area contributed by atoms with Crippen molar-refractivity contribution < 1.29 is 9.21 Å².